The zero-order valence-electron chi connectivity index (χ0n) is 22.1. The van der Waals surface area contributed by atoms with Crippen molar-refractivity contribution < 1.29 is 32.7 Å². The Morgan fingerprint density at radius 3 is 2.20 bits per heavy atom. The van der Waals surface area contributed by atoms with Crippen LogP contribution in [0.3, 0.4) is 0 Å². The molecule has 0 atom stereocenters. The number of carbonyl (C=O) groups excluding carboxylic acids is 2. The maximum absolute atomic E-state index is 13.3. The highest BCUT2D eigenvalue weighted by Gasteiger charge is 2.33. The first-order chi connectivity index (χ1) is 19.1. The molecule has 0 radical (unpaired) electrons. The topological polar surface area (TPSA) is 84.3 Å². The van der Waals surface area contributed by atoms with Crippen LogP contribution in [0.25, 0.3) is 11.3 Å². The highest BCUT2D eigenvalue weighted by molar-refractivity contribution is 5.96. The summed E-state index contributed by atoms with van der Waals surface area (Å²) in [5.74, 6) is -0.231. The molecule has 4 rings (SSSR count). The molecule has 1 aliphatic rings. The lowest BCUT2D eigenvalue weighted by Crippen LogP contribution is -2.16. The minimum absolute atomic E-state index is 0.0342. The van der Waals surface area contributed by atoms with Crippen LogP contribution < -0.4 is 0 Å². The van der Waals surface area contributed by atoms with E-state index in [0.717, 1.165) is 37.3 Å². The van der Waals surface area contributed by atoms with Crippen LogP contribution in [0.5, 0.6) is 0 Å². The fourth-order valence-electron chi connectivity index (χ4n) is 5.43. The minimum Gasteiger partial charge on any atom is -0.481 e. The first-order valence-electron chi connectivity index (χ1n) is 13.6. The zero-order valence-corrected chi connectivity index (χ0v) is 22.1. The number of halogens is 3. The molecular formula is C32H32F3NO4. The van der Waals surface area contributed by atoms with Gasteiger partial charge in [-0.15, -0.1) is 0 Å². The first-order valence-corrected chi connectivity index (χ1v) is 13.6. The molecule has 1 aliphatic carbocycles. The molecule has 8 heteroatoms. The van der Waals surface area contributed by atoms with Crippen LogP contribution in [-0.2, 0) is 22.2 Å². The summed E-state index contributed by atoms with van der Waals surface area (Å²) in [5.41, 5.74) is 1.74. The Morgan fingerprint density at radius 2 is 1.57 bits per heavy atom. The molecule has 3 aromatic rings. The molecule has 2 aromatic carbocycles. The highest BCUT2D eigenvalue weighted by atomic mass is 19.4. The number of hydrogen-bond acceptors (Lipinski definition) is 4. The number of benzene rings is 2. The van der Waals surface area contributed by atoms with Gasteiger partial charge in [-0.3, -0.25) is 19.4 Å². The van der Waals surface area contributed by atoms with Gasteiger partial charge >= 0.3 is 12.1 Å². The van der Waals surface area contributed by atoms with E-state index in [1.807, 2.05) is 12.1 Å². The average Bonchev–Trinajstić information content (AvgIpc) is 2.93. The summed E-state index contributed by atoms with van der Waals surface area (Å²) < 4.78 is 39.9. The third-order valence-electron chi connectivity index (χ3n) is 7.62. The van der Waals surface area contributed by atoms with E-state index in [0.29, 0.717) is 17.9 Å². The Bertz CT molecular complexity index is 1330. The summed E-state index contributed by atoms with van der Waals surface area (Å²) in [6.07, 6.45) is 1.88. The van der Waals surface area contributed by atoms with Crippen molar-refractivity contribution in [1.82, 2.24) is 4.98 Å². The molecule has 1 aromatic heterocycles. The summed E-state index contributed by atoms with van der Waals surface area (Å²) in [6, 6.07) is 16.1. The molecular weight excluding hydrogens is 519 g/mol. The number of pyridine rings is 1. The van der Waals surface area contributed by atoms with Crippen molar-refractivity contribution in [2.75, 3.05) is 0 Å². The first kappa shape index (κ1) is 29.2. The summed E-state index contributed by atoms with van der Waals surface area (Å²) >= 11 is 0. The SMILES string of the molecule is O=C(O)CC1CCC(c2ccc(CC(=O)CCCC(=O)c3ccc(-c4ccccc4C(F)(F)F)nc3)cc2)CC1. The maximum Gasteiger partial charge on any atom is 0.417 e. The number of alkyl halides is 3. The van der Waals surface area contributed by atoms with Gasteiger partial charge in [0.1, 0.15) is 5.78 Å². The number of nitrogens with zero attached hydrogens (tertiary/aromatic N) is 1. The van der Waals surface area contributed by atoms with Gasteiger partial charge in [-0.2, -0.15) is 13.2 Å². The Balaban J connectivity index is 1.22. The smallest absolute Gasteiger partial charge is 0.417 e. The standard InChI is InChI=1S/C32H32F3NO4/c33-32(34,35)28-6-2-1-5-27(28)29-17-16-25(20-36-29)30(38)7-3-4-26(37)18-21-8-12-23(13-9-21)24-14-10-22(11-15-24)19-31(39)40/h1-2,5-6,8-9,12-13,16-17,20,22,24H,3-4,7,10-11,14-15,18-19H2,(H,39,40). The van der Waals surface area contributed by atoms with E-state index in [1.54, 1.807) is 0 Å². The van der Waals surface area contributed by atoms with Gasteiger partial charge in [-0.25, -0.2) is 0 Å². The van der Waals surface area contributed by atoms with Gasteiger partial charge in [0.15, 0.2) is 5.78 Å². The Labute approximate surface area is 231 Å². The predicted octanol–water partition coefficient (Wildman–Crippen LogP) is 7.68. The van der Waals surface area contributed by atoms with E-state index >= 15 is 0 Å². The third-order valence-corrected chi connectivity index (χ3v) is 7.62. The fourth-order valence-corrected chi connectivity index (χ4v) is 5.43. The zero-order chi connectivity index (χ0) is 28.7. The van der Waals surface area contributed by atoms with E-state index < -0.39 is 17.7 Å². The molecule has 0 saturated heterocycles. The Kier molecular flexibility index (Phi) is 9.50. The number of aliphatic carboxylic acids is 1. The molecule has 1 heterocycles. The van der Waals surface area contributed by atoms with E-state index in [4.69, 9.17) is 5.11 Å². The van der Waals surface area contributed by atoms with E-state index in [9.17, 15) is 27.6 Å². The molecule has 5 nitrogen and oxygen atoms in total. The van der Waals surface area contributed by atoms with Crippen LogP contribution in [-0.4, -0.2) is 27.6 Å². The summed E-state index contributed by atoms with van der Waals surface area (Å²) in [7, 11) is 0. The summed E-state index contributed by atoms with van der Waals surface area (Å²) in [4.78, 5) is 40.1. The van der Waals surface area contributed by atoms with Crippen molar-refractivity contribution >= 4 is 17.5 Å². The minimum atomic E-state index is -4.51. The Morgan fingerprint density at radius 1 is 0.875 bits per heavy atom. The van der Waals surface area contributed by atoms with Crippen LogP contribution in [0.2, 0.25) is 0 Å². The number of rotatable bonds is 11. The number of Topliss-reactive ketones (excluding diaryl/α,β-unsaturated/α-hetero) is 2. The van der Waals surface area contributed by atoms with Crippen LogP contribution in [0.15, 0.2) is 66.9 Å². The van der Waals surface area contributed by atoms with Crippen LogP contribution in [0, 0.1) is 5.92 Å². The number of aromatic nitrogens is 1. The molecule has 0 bridgehead atoms. The number of hydrogen-bond donors (Lipinski definition) is 1. The van der Waals surface area contributed by atoms with Gasteiger partial charge in [0.25, 0.3) is 0 Å². The number of carboxylic acids is 1. The molecule has 210 valence electrons. The van der Waals surface area contributed by atoms with Crippen molar-refractivity contribution in [1.29, 1.82) is 0 Å². The number of carbonyl (C=O) groups is 3. The Hall–Kier alpha value is -3.81. The summed E-state index contributed by atoms with van der Waals surface area (Å²) in [6.45, 7) is 0. The van der Waals surface area contributed by atoms with Crippen molar-refractivity contribution in [2.45, 2.75) is 69.9 Å². The molecule has 0 spiro atoms. The number of carboxylic acid groups (broad SMARTS) is 1. The van der Waals surface area contributed by atoms with Gasteiger partial charge in [0.05, 0.1) is 11.3 Å². The molecule has 1 N–H and O–H groups in total. The normalized spacial score (nSPS) is 17.4. The van der Waals surface area contributed by atoms with E-state index in [1.165, 1.54) is 42.1 Å². The predicted molar refractivity (Wildman–Crippen MR) is 145 cm³/mol. The molecule has 1 saturated carbocycles. The second-order valence-corrected chi connectivity index (χ2v) is 10.5. The largest absolute Gasteiger partial charge is 0.481 e. The number of ketones is 2. The van der Waals surface area contributed by atoms with Crippen molar-refractivity contribution in [3.8, 4) is 11.3 Å². The molecule has 40 heavy (non-hydrogen) atoms. The maximum atomic E-state index is 13.3. The third kappa shape index (κ3) is 7.87. The fraction of sp³-hybridized carbons (Fsp3) is 0.375. The van der Waals surface area contributed by atoms with Gasteiger partial charge in [0.2, 0.25) is 0 Å². The van der Waals surface area contributed by atoms with Crippen LogP contribution >= 0.6 is 0 Å². The van der Waals surface area contributed by atoms with Crippen LogP contribution in [0.4, 0.5) is 13.2 Å². The van der Waals surface area contributed by atoms with Crippen molar-refractivity contribution in [3.63, 3.8) is 0 Å². The van der Waals surface area contributed by atoms with Crippen molar-refractivity contribution in [3.05, 3.63) is 89.1 Å². The van der Waals surface area contributed by atoms with Gasteiger partial charge in [-0.05, 0) is 73.3 Å². The molecule has 1 fully saturated rings. The quantitative estimate of drug-likeness (QED) is 0.247. The molecule has 0 unspecified atom stereocenters. The molecule has 0 amide bonds. The highest BCUT2D eigenvalue weighted by Crippen LogP contribution is 2.38. The van der Waals surface area contributed by atoms with Crippen molar-refractivity contribution in [2.24, 2.45) is 5.92 Å². The lowest BCUT2D eigenvalue weighted by atomic mass is 9.77. The van der Waals surface area contributed by atoms with Gasteiger partial charge < -0.3 is 5.11 Å². The average molecular weight is 552 g/mol. The second kappa shape index (κ2) is 13.0. The lowest BCUT2D eigenvalue weighted by molar-refractivity contribution is -0.138. The molecule has 0 aliphatic heterocycles. The summed E-state index contributed by atoms with van der Waals surface area (Å²) in [5, 5.41) is 8.98. The van der Waals surface area contributed by atoms with E-state index in [2.05, 4.69) is 17.1 Å². The van der Waals surface area contributed by atoms with Gasteiger partial charge in [0, 0.05) is 43.0 Å². The second-order valence-electron chi connectivity index (χ2n) is 10.5. The monoisotopic (exact) mass is 551 g/mol. The van der Waals surface area contributed by atoms with Gasteiger partial charge in [-0.1, -0.05) is 42.5 Å². The lowest BCUT2D eigenvalue weighted by Gasteiger charge is -2.28. The van der Waals surface area contributed by atoms with Crippen LogP contribution in [0.1, 0.15) is 84.3 Å². The van der Waals surface area contributed by atoms with E-state index in [-0.39, 0.29) is 54.4 Å².